The Balaban J connectivity index is 3.12. The summed E-state index contributed by atoms with van der Waals surface area (Å²) in [5.41, 5.74) is 7.08. The molecule has 1 atom stereocenters. The molecule has 1 rings (SSSR count). The third kappa shape index (κ3) is 3.84. The van der Waals surface area contributed by atoms with Gasteiger partial charge in [0.25, 0.3) is 0 Å². The van der Waals surface area contributed by atoms with Crippen LogP contribution >= 0.6 is 0 Å². The van der Waals surface area contributed by atoms with Crippen LogP contribution in [0.3, 0.4) is 0 Å². The van der Waals surface area contributed by atoms with Gasteiger partial charge in [0.2, 0.25) is 0 Å². The average molecular weight is 269 g/mol. The molecule has 3 N–H and O–H groups in total. The fourth-order valence-electron chi connectivity index (χ4n) is 1.83. The Bertz CT molecular complexity index is 447. The Morgan fingerprint density at radius 1 is 1.32 bits per heavy atom. The van der Waals surface area contributed by atoms with Crippen molar-refractivity contribution in [2.24, 2.45) is 5.73 Å². The Morgan fingerprint density at radius 2 is 2.00 bits per heavy atom. The summed E-state index contributed by atoms with van der Waals surface area (Å²) in [6.07, 6.45) is 0.215. The van der Waals surface area contributed by atoms with E-state index < -0.39 is 12.0 Å². The van der Waals surface area contributed by atoms with Gasteiger partial charge in [-0.3, -0.25) is 4.79 Å². The van der Waals surface area contributed by atoms with E-state index in [2.05, 4.69) is 0 Å². The Hall–Kier alpha value is -1.79. The van der Waals surface area contributed by atoms with Crippen molar-refractivity contribution in [2.75, 3.05) is 21.3 Å². The first-order valence-corrected chi connectivity index (χ1v) is 5.74. The lowest BCUT2D eigenvalue weighted by atomic mass is 10.0. The minimum absolute atomic E-state index is 0.215. The van der Waals surface area contributed by atoms with Crippen LogP contribution in [0.2, 0.25) is 0 Å². The van der Waals surface area contributed by atoms with E-state index in [9.17, 15) is 4.79 Å². The molecule has 0 radical (unpaired) electrons. The molecule has 1 unspecified atom stereocenters. The van der Waals surface area contributed by atoms with Crippen LogP contribution in [0.1, 0.15) is 11.1 Å². The van der Waals surface area contributed by atoms with Gasteiger partial charge < -0.3 is 25.1 Å². The van der Waals surface area contributed by atoms with E-state index >= 15 is 0 Å². The van der Waals surface area contributed by atoms with Gasteiger partial charge in [-0.25, -0.2) is 0 Å². The van der Waals surface area contributed by atoms with Crippen molar-refractivity contribution in [1.82, 2.24) is 0 Å². The van der Waals surface area contributed by atoms with E-state index in [1.807, 2.05) is 6.07 Å². The average Bonchev–Trinajstić information content (AvgIpc) is 2.38. The normalized spacial score (nSPS) is 12.0. The van der Waals surface area contributed by atoms with Crippen LogP contribution in [0.4, 0.5) is 0 Å². The van der Waals surface area contributed by atoms with Crippen LogP contribution in [-0.4, -0.2) is 38.4 Å². The zero-order chi connectivity index (χ0) is 14.4. The van der Waals surface area contributed by atoms with Gasteiger partial charge in [0, 0.05) is 12.7 Å². The molecule has 6 nitrogen and oxygen atoms in total. The number of ether oxygens (including phenoxy) is 3. The van der Waals surface area contributed by atoms with E-state index in [1.54, 1.807) is 20.3 Å². The number of aliphatic carboxylic acids is 1. The first-order valence-electron chi connectivity index (χ1n) is 5.74. The molecule has 0 saturated carbocycles. The second-order valence-corrected chi connectivity index (χ2v) is 4.07. The highest BCUT2D eigenvalue weighted by atomic mass is 16.5. The lowest BCUT2D eigenvalue weighted by molar-refractivity contribution is -0.138. The highest BCUT2D eigenvalue weighted by Gasteiger charge is 2.17. The van der Waals surface area contributed by atoms with Crippen molar-refractivity contribution >= 4 is 5.97 Å². The number of nitrogens with two attached hydrogens (primary N) is 1. The molecule has 0 aliphatic carbocycles. The second-order valence-electron chi connectivity index (χ2n) is 4.07. The molecule has 1 aromatic rings. The smallest absolute Gasteiger partial charge is 0.320 e. The van der Waals surface area contributed by atoms with E-state index in [-0.39, 0.29) is 6.42 Å². The summed E-state index contributed by atoms with van der Waals surface area (Å²) in [6.45, 7) is 0.343. The summed E-state index contributed by atoms with van der Waals surface area (Å²) in [6, 6.07) is 2.59. The number of hydrogen-bond acceptors (Lipinski definition) is 5. The number of carboxylic acid groups (broad SMARTS) is 1. The summed E-state index contributed by atoms with van der Waals surface area (Å²) >= 11 is 0. The zero-order valence-electron chi connectivity index (χ0n) is 11.3. The minimum atomic E-state index is -1.04. The summed E-state index contributed by atoms with van der Waals surface area (Å²) in [5.74, 6) is 0.0738. The van der Waals surface area contributed by atoms with E-state index in [1.165, 1.54) is 7.11 Å². The maximum atomic E-state index is 10.8. The Kier molecular flexibility index (Phi) is 5.59. The van der Waals surface area contributed by atoms with Crippen LogP contribution in [0.5, 0.6) is 11.5 Å². The number of benzene rings is 1. The largest absolute Gasteiger partial charge is 0.493 e. The standard InChI is InChI=1S/C13H19NO5/c1-17-7-9-4-8(5-10(14)13(15)16)6-11(18-2)12(9)19-3/h4,6,10H,5,7,14H2,1-3H3,(H,15,16). The van der Waals surface area contributed by atoms with Crippen molar-refractivity contribution in [3.8, 4) is 11.5 Å². The number of carboxylic acids is 1. The third-order valence-electron chi connectivity index (χ3n) is 2.69. The van der Waals surface area contributed by atoms with Crippen LogP contribution in [0, 0.1) is 0 Å². The van der Waals surface area contributed by atoms with Crippen molar-refractivity contribution in [2.45, 2.75) is 19.1 Å². The van der Waals surface area contributed by atoms with Crippen molar-refractivity contribution < 1.29 is 24.1 Å². The fraction of sp³-hybridized carbons (Fsp3) is 0.462. The predicted molar refractivity (Wildman–Crippen MR) is 69.6 cm³/mol. The Morgan fingerprint density at radius 3 is 2.47 bits per heavy atom. The quantitative estimate of drug-likeness (QED) is 0.761. The van der Waals surface area contributed by atoms with Crippen LogP contribution < -0.4 is 15.2 Å². The van der Waals surface area contributed by atoms with Gasteiger partial charge in [0.15, 0.2) is 11.5 Å². The predicted octanol–water partition coefficient (Wildman–Crippen LogP) is 0.805. The van der Waals surface area contributed by atoms with Gasteiger partial charge in [0.1, 0.15) is 6.04 Å². The molecule has 0 fully saturated rings. The molecule has 19 heavy (non-hydrogen) atoms. The number of rotatable bonds is 7. The molecule has 0 amide bonds. The number of hydrogen-bond donors (Lipinski definition) is 2. The minimum Gasteiger partial charge on any atom is -0.493 e. The summed E-state index contributed by atoms with van der Waals surface area (Å²) in [7, 11) is 4.64. The van der Waals surface area contributed by atoms with Gasteiger partial charge in [-0.15, -0.1) is 0 Å². The van der Waals surface area contributed by atoms with Gasteiger partial charge >= 0.3 is 5.97 Å². The molecule has 6 heteroatoms. The highest BCUT2D eigenvalue weighted by Crippen LogP contribution is 2.33. The van der Waals surface area contributed by atoms with Crippen molar-refractivity contribution in [3.63, 3.8) is 0 Å². The lowest BCUT2D eigenvalue weighted by Crippen LogP contribution is -2.32. The van der Waals surface area contributed by atoms with Gasteiger partial charge in [-0.2, -0.15) is 0 Å². The van der Waals surface area contributed by atoms with E-state index in [0.29, 0.717) is 18.1 Å². The third-order valence-corrected chi connectivity index (χ3v) is 2.69. The summed E-state index contributed by atoms with van der Waals surface area (Å²) < 4.78 is 15.6. The van der Waals surface area contributed by atoms with E-state index in [4.69, 9.17) is 25.1 Å². The molecule has 0 aliphatic heterocycles. The van der Waals surface area contributed by atoms with Gasteiger partial charge in [-0.1, -0.05) is 0 Å². The first kappa shape index (κ1) is 15.3. The molecular weight excluding hydrogens is 250 g/mol. The maximum absolute atomic E-state index is 10.8. The van der Waals surface area contributed by atoms with Crippen molar-refractivity contribution in [3.05, 3.63) is 23.3 Å². The topological polar surface area (TPSA) is 91.0 Å². The number of carbonyl (C=O) groups is 1. The van der Waals surface area contributed by atoms with E-state index in [0.717, 1.165) is 11.1 Å². The molecule has 0 aromatic heterocycles. The Labute approximate surface area is 112 Å². The monoisotopic (exact) mass is 269 g/mol. The molecule has 106 valence electrons. The highest BCUT2D eigenvalue weighted by molar-refractivity contribution is 5.73. The molecule has 0 bridgehead atoms. The van der Waals surface area contributed by atoms with Crippen molar-refractivity contribution in [1.29, 1.82) is 0 Å². The molecule has 0 saturated heterocycles. The van der Waals surface area contributed by atoms with Crippen LogP contribution in [-0.2, 0) is 22.6 Å². The molecule has 1 aromatic carbocycles. The molecule has 0 aliphatic rings. The fourth-order valence-corrected chi connectivity index (χ4v) is 1.83. The first-order chi connectivity index (χ1) is 9.03. The van der Waals surface area contributed by atoms with Crippen LogP contribution in [0.25, 0.3) is 0 Å². The molecular formula is C13H19NO5. The molecule has 0 spiro atoms. The second kappa shape index (κ2) is 6.96. The summed E-state index contributed by atoms with van der Waals surface area (Å²) in [4.78, 5) is 10.8. The van der Waals surface area contributed by atoms with Crippen LogP contribution in [0.15, 0.2) is 12.1 Å². The molecule has 0 heterocycles. The lowest BCUT2D eigenvalue weighted by Gasteiger charge is -2.15. The SMILES string of the molecule is COCc1cc(CC(N)C(=O)O)cc(OC)c1OC. The maximum Gasteiger partial charge on any atom is 0.320 e. The van der Waals surface area contributed by atoms with Gasteiger partial charge in [-0.05, 0) is 24.1 Å². The zero-order valence-corrected chi connectivity index (χ0v) is 11.3. The summed E-state index contributed by atoms with van der Waals surface area (Å²) in [5, 5.41) is 8.84. The van der Waals surface area contributed by atoms with Gasteiger partial charge in [0.05, 0.1) is 20.8 Å². The number of methoxy groups -OCH3 is 3.